The molecule has 1 aliphatic heterocycles. The van der Waals surface area contributed by atoms with Crippen LogP contribution in [0.3, 0.4) is 0 Å². The topological polar surface area (TPSA) is 21.3 Å². The average Bonchev–Trinajstić information content (AvgIpc) is 2.80. The fraction of sp³-hybridized carbons (Fsp3) is 0.636. The molecule has 4 heteroatoms. The largest absolute Gasteiger partial charge is 0.381 e. The van der Waals surface area contributed by atoms with Crippen LogP contribution in [0.15, 0.2) is 10.5 Å². The van der Waals surface area contributed by atoms with E-state index in [4.69, 9.17) is 4.74 Å². The Morgan fingerprint density at radius 3 is 2.93 bits per heavy atom. The normalized spacial score (nSPS) is 23.3. The van der Waals surface area contributed by atoms with Gasteiger partial charge in [-0.05, 0) is 42.4 Å². The standard InChI is InChI=1S/C11H16BrNOS/c1-7-9(12)5-10(15-7)11(13-2)8-3-4-14-6-8/h5,8,11,13H,3-4,6H2,1-2H3. The summed E-state index contributed by atoms with van der Waals surface area (Å²) < 4.78 is 6.68. The fourth-order valence-electron chi connectivity index (χ4n) is 2.06. The van der Waals surface area contributed by atoms with Crippen molar-refractivity contribution in [1.82, 2.24) is 5.32 Å². The molecule has 0 amide bonds. The lowest BCUT2D eigenvalue weighted by Crippen LogP contribution is -2.24. The number of aryl methyl sites for hydroxylation is 1. The maximum Gasteiger partial charge on any atom is 0.0513 e. The Morgan fingerprint density at radius 2 is 2.47 bits per heavy atom. The zero-order valence-corrected chi connectivity index (χ0v) is 11.5. The van der Waals surface area contributed by atoms with Gasteiger partial charge in [0, 0.05) is 32.8 Å². The molecule has 2 heterocycles. The lowest BCUT2D eigenvalue weighted by Gasteiger charge is -2.20. The molecule has 1 aliphatic rings. The summed E-state index contributed by atoms with van der Waals surface area (Å²) in [7, 11) is 2.03. The summed E-state index contributed by atoms with van der Waals surface area (Å²) in [5.41, 5.74) is 0. The molecule has 0 bridgehead atoms. The smallest absolute Gasteiger partial charge is 0.0513 e. The van der Waals surface area contributed by atoms with Gasteiger partial charge in [-0.1, -0.05) is 0 Å². The van der Waals surface area contributed by atoms with E-state index in [0.717, 1.165) is 13.2 Å². The molecule has 0 aromatic carbocycles. The number of nitrogens with one attached hydrogen (secondary N) is 1. The zero-order valence-electron chi connectivity index (χ0n) is 9.05. The predicted octanol–water partition coefficient (Wildman–Crippen LogP) is 3.12. The molecule has 2 nitrogen and oxygen atoms in total. The Morgan fingerprint density at radius 1 is 1.67 bits per heavy atom. The van der Waals surface area contributed by atoms with Gasteiger partial charge in [0.25, 0.3) is 0 Å². The quantitative estimate of drug-likeness (QED) is 0.923. The van der Waals surface area contributed by atoms with Crippen LogP contribution >= 0.6 is 27.3 Å². The average molecular weight is 290 g/mol. The molecule has 1 fully saturated rings. The van der Waals surface area contributed by atoms with Crippen LogP contribution in [0, 0.1) is 12.8 Å². The summed E-state index contributed by atoms with van der Waals surface area (Å²) in [6, 6.07) is 2.68. The van der Waals surface area contributed by atoms with Crippen molar-refractivity contribution in [3.63, 3.8) is 0 Å². The first-order valence-electron chi connectivity index (χ1n) is 5.23. The molecule has 1 N–H and O–H groups in total. The van der Waals surface area contributed by atoms with Gasteiger partial charge in [0.05, 0.1) is 6.61 Å². The highest BCUT2D eigenvalue weighted by Crippen LogP contribution is 2.36. The third-order valence-electron chi connectivity index (χ3n) is 2.93. The molecule has 0 aliphatic carbocycles. The van der Waals surface area contributed by atoms with Crippen molar-refractivity contribution in [2.45, 2.75) is 19.4 Å². The van der Waals surface area contributed by atoms with Crippen molar-refractivity contribution < 1.29 is 4.74 Å². The molecule has 2 atom stereocenters. The Kier molecular flexibility index (Phi) is 3.83. The number of hydrogen-bond acceptors (Lipinski definition) is 3. The van der Waals surface area contributed by atoms with E-state index in [-0.39, 0.29) is 0 Å². The number of rotatable bonds is 3. The van der Waals surface area contributed by atoms with Crippen molar-refractivity contribution in [3.05, 3.63) is 20.3 Å². The summed E-state index contributed by atoms with van der Waals surface area (Å²) in [6.07, 6.45) is 1.17. The van der Waals surface area contributed by atoms with Crippen molar-refractivity contribution in [2.75, 3.05) is 20.3 Å². The van der Waals surface area contributed by atoms with Crippen molar-refractivity contribution in [2.24, 2.45) is 5.92 Å². The van der Waals surface area contributed by atoms with Gasteiger partial charge >= 0.3 is 0 Å². The summed E-state index contributed by atoms with van der Waals surface area (Å²) >= 11 is 5.44. The molecule has 1 saturated heterocycles. The van der Waals surface area contributed by atoms with E-state index in [1.165, 1.54) is 20.6 Å². The number of halogens is 1. The van der Waals surface area contributed by atoms with Gasteiger partial charge in [0.2, 0.25) is 0 Å². The zero-order chi connectivity index (χ0) is 10.8. The highest BCUT2D eigenvalue weighted by atomic mass is 79.9. The van der Waals surface area contributed by atoms with Gasteiger partial charge in [-0.2, -0.15) is 0 Å². The van der Waals surface area contributed by atoms with Gasteiger partial charge in [-0.15, -0.1) is 11.3 Å². The van der Waals surface area contributed by atoms with Crippen LogP contribution in [-0.2, 0) is 4.74 Å². The van der Waals surface area contributed by atoms with Crippen LogP contribution in [0.2, 0.25) is 0 Å². The molecule has 0 radical (unpaired) electrons. The highest BCUT2D eigenvalue weighted by molar-refractivity contribution is 9.10. The van der Waals surface area contributed by atoms with Crippen LogP contribution in [0.4, 0.5) is 0 Å². The van der Waals surface area contributed by atoms with E-state index in [2.05, 4.69) is 34.2 Å². The summed E-state index contributed by atoms with van der Waals surface area (Å²) in [5, 5.41) is 3.41. The second-order valence-corrected chi connectivity index (χ2v) is 6.09. The Labute approximate surface area is 103 Å². The van der Waals surface area contributed by atoms with Crippen molar-refractivity contribution in [1.29, 1.82) is 0 Å². The first-order chi connectivity index (χ1) is 7.22. The first-order valence-corrected chi connectivity index (χ1v) is 6.84. The van der Waals surface area contributed by atoms with E-state index in [1.54, 1.807) is 0 Å². The molecule has 15 heavy (non-hydrogen) atoms. The van der Waals surface area contributed by atoms with Crippen molar-refractivity contribution in [3.8, 4) is 0 Å². The second kappa shape index (κ2) is 4.95. The summed E-state index contributed by atoms with van der Waals surface area (Å²) in [4.78, 5) is 2.77. The van der Waals surface area contributed by atoms with Gasteiger partial charge < -0.3 is 10.1 Å². The van der Waals surface area contributed by atoms with E-state index in [0.29, 0.717) is 12.0 Å². The van der Waals surface area contributed by atoms with Crippen LogP contribution in [0.5, 0.6) is 0 Å². The summed E-state index contributed by atoms with van der Waals surface area (Å²) in [5.74, 6) is 0.625. The van der Waals surface area contributed by atoms with Gasteiger partial charge in [-0.3, -0.25) is 0 Å². The van der Waals surface area contributed by atoms with Crippen LogP contribution in [0.25, 0.3) is 0 Å². The monoisotopic (exact) mass is 289 g/mol. The Bertz CT molecular complexity index is 314. The minimum absolute atomic E-state index is 0.447. The van der Waals surface area contributed by atoms with Gasteiger partial charge in [0.1, 0.15) is 0 Å². The fourth-order valence-corrected chi connectivity index (χ4v) is 3.83. The van der Waals surface area contributed by atoms with E-state index < -0.39 is 0 Å². The summed E-state index contributed by atoms with van der Waals surface area (Å²) in [6.45, 7) is 3.95. The molecule has 2 unspecified atom stereocenters. The molecular formula is C11H16BrNOS. The van der Waals surface area contributed by atoms with Crippen molar-refractivity contribution >= 4 is 27.3 Å². The SMILES string of the molecule is CNC(c1cc(Br)c(C)s1)C1CCOC1. The molecule has 1 aromatic heterocycles. The first kappa shape index (κ1) is 11.6. The number of hydrogen-bond donors (Lipinski definition) is 1. The second-order valence-electron chi connectivity index (χ2n) is 3.94. The Hall–Kier alpha value is 0.1000. The third-order valence-corrected chi connectivity index (χ3v) is 5.15. The Balaban J connectivity index is 2.18. The highest BCUT2D eigenvalue weighted by Gasteiger charge is 2.27. The minimum atomic E-state index is 0.447. The van der Waals surface area contributed by atoms with Gasteiger partial charge in [0.15, 0.2) is 0 Å². The molecular weight excluding hydrogens is 274 g/mol. The lowest BCUT2D eigenvalue weighted by atomic mass is 9.98. The molecule has 2 rings (SSSR count). The maximum atomic E-state index is 5.45. The van der Waals surface area contributed by atoms with Gasteiger partial charge in [-0.25, -0.2) is 0 Å². The van der Waals surface area contributed by atoms with E-state index >= 15 is 0 Å². The van der Waals surface area contributed by atoms with E-state index in [1.807, 2.05) is 18.4 Å². The number of ether oxygens (including phenoxy) is 1. The molecule has 1 aromatic rings. The maximum absolute atomic E-state index is 5.45. The molecule has 84 valence electrons. The van der Waals surface area contributed by atoms with E-state index in [9.17, 15) is 0 Å². The number of thiophene rings is 1. The van der Waals surface area contributed by atoms with Crippen LogP contribution in [-0.4, -0.2) is 20.3 Å². The molecule has 0 spiro atoms. The molecule has 0 saturated carbocycles. The van der Waals surface area contributed by atoms with Crippen LogP contribution in [0.1, 0.15) is 22.2 Å². The third kappa shape index (κ3) is 2.44. The lowest BCUT2D eigenvalue weighted by molar-refractivity contribution is 0.178. The van der Waals surface area contributed by atoms with Crippen LogP contribution < -0.4 is 5.32 Å². The minimum Gasteiger partial charge on any atom is -0.381 e. The predicted molar refractivity (Wildman–Crippen MR) is 67.5 cm³/mol.